The molecule has 5 heteroatoms. The molecule has 0 bridgehead atoms. The predicted molar refractivity (Wildman–Crippen MR) is 91.6 cm³/mol. The lowest BCUT2D eigenvalue weighted by molar-refractivity contribution is -0.130. The number of nitrogens with zero attached hydrogens (tertiary/aromatic N) is 1. The normalized spacial score (nSPS) is 22.8. The van der Waals surface area contributed by atoms with Crippen molar-refractivity contribution in [1.82, 2.24) is 10.2 Å². The Kier molecular flexibility index (Phi) is 4.90. The minimum absolute atomic E-state index is 0.0151. The van der Waals surface area contributed by atoms with Crippen LogP contribution < -0.4 is 5.32 Å². The summed E-state index contributed by atoms with van der Waals surface area (Å²) in [5, 5.41) is 3.04. The number of carbonyl (C=O) groups excluding carboxylic acids is 2. The number of benzene rings is 1. The van der Waals surface area contributed by atoms with Crippen molar-refractivity contribution in [3.8, 4) is 0 Å². The van der Waals surface area contributed by atoms with E-state index >= 15 is 0 Å². The first-order chi connectivity index (χ1) is 11.5. The summed E-state index contributed by atoms with van der Waals surface area (Å²) >= 11 is 0. The van der Waals surface area contributed by atoms with Crippen molar-refractivity contribution in [2.24, 2.45) is 11.3 Å². The van der Waals surface area contributed by atoms with Gasteiger partial charge in [-0.1, -0.05) is 18.2 Å². The average molecular weight is 330 g/mol. The van der Waals surface area contributed by atoms with Gasteiger partial charge >= 0.3 is 0 Å². The van der Waals surface area contributed by atoms with Crippen LogP contribution >= 0.6 is 0 Å². The monoisotopic (exact) mass is 330 g/mol. The van der Waals surface area contributed by atoms with Crippen LogP contribution in [0, 0.1) is 11.3 Å². The summed E-state index contributed by atoms with van der Waals surface area (Å²) in [7, 11) is 0. The molecule has 1 atom stereocenters. The zero-order valence-corrected chi connectivity index (χ0v) is 14.5. The summed E-state index contributed by atoms with van der Waals surface area (Å²) in [6, 6.07) is 9.42. The molecule has 1 aromatic rings. The maximum absolute atomic E-state index is 12.8. The molecule has 0 aromatic heterocycles. The van der Waals surface area contributed by atoms with E-state index in [1.807, 2.05) is 49.1 Å². The Labute approximate surface area is 143 Å². The Bertz CT molecular complexity index is 594. The summed E-state index contributed by atoms with van der Waals surface area (Å²) in [5.41, 5.74) is 0.534. The van der Waals surface area contributed by atoms with Crippen LogP contribution in [0.2, 0.25) is 0 Å². The maximum atomic E-state index is 12.8. The number of carbonyl (C=O) groups is 2. The van der Waals surface area contributed by atoms with E-state index in [4.69, 9.17) is 4.74 Å². The number of hydrogen-bond acceptors (Lipinski definition) is 3. The Morgan fingerprint density at radius 1 is 1.21 bits per heavy atom. The Morgan fingerprint density at radius 3 is 2.50 bits per heavy atom. The highest BCUT2D eigenvalue weighted by Gasteiger charge is 2.51. The number of nitrogens with one attached hydrogen (secondary N) is 1. The number of amides is 2. The van der Waals surface area contributed by atoms with Gasteiger partial charge in [-0.15, -0.1) is 0 Å². The van der Waals surface area contributed by atoms with Gasteiger partial charge in [-0.3, -0.25) is 9.59 Å². The first-order valence-electron chi connectivity index (χ1n) is 8.74. The summed E-state index contributed by atoms with van der Waals surface area (Å²) in [5.74, 6) is -0.0759. The standard InChI is InChI=1S/C19H26N2O3/c1-14(2)20-17(22)16-12-21(13-19(16)8-10-24-11-9-19)18(23)15-6-4-3-5-7-15/h3-7,14,16H,8-13H2,1-2H3,(H,20,22)/t16-/m1/s1. The summed E-state index contributed by atoms with van der Waals surface area (Å²) in [6.45, 7) is 6.40. The van der Waals surface area contributed by atoms with Crippen LogP contribution in [-0.4, -0.2) is 49.1 Å². The fourth-order valence-electron chi connectivity index (χ4n) is 3.92. The van der Waals surface area contributed by atoms with Crippen LogP contribution in [0.5, 0.6) is 0 Å². The quantitative estimate of drug-likeness (QED) is 0.923. The number of rotatable bonds is 3. The van der Waals surface area contributed by atoms with E-state index in [0.717, 1.165) is 12.8 Å². The topological polar surface area (TPSA) is 58.6 Å². The lowest BCUT2D eigenvalue weighted by Crippen LogP contribution is -2.46. The molecular formula is C19H26N2O3. The molecule has 0 unspecified atom stereocenters. The van der Waals surface area contributed by atoms with Gasteiger partial charge in [0.15, 0.2) is 0 Å². The van der Waals surface area contributed by atoms with Crippen LogP contribution in [0.1, 0.15) is 37.0 Å². The van der Waals surface area contributed by atoms with Crippen LogP contribution in [0.25, 0.3) is 0 Å². The third kappa shape index (κ3) is 3.31. The minimum Gasteiger partial charge on any atom is -0.381 e. The second-order valence-corrected chi connectivity index (χ2v) is 7.24. The molecule has 1 aromatic carbocycles. The van der Waals surface area contributed by atoms with Crippen molar-refractivity contribution in [1.29, 1.82) is 0 Å². The predicted octanol–water partition coefficient (Wildman–Crippen LogP) is 2.08. The summed E-state index contributed by atoms with van der Waals surface area (Å²) < 4.78 is 5.51. The average Bonchev–Trinajstić information content (AvgIpc) is 2.94. The lowest BCUT2D eigenvalue weighted by atomic mass is 9.71. The molecule has 24 heavy (non-hydrogen) atoms. The lowest BCUT2D eigenvalue weighted by Gasteiger charge is -2.37. The molecule has 0 radical (unpaired) electrons. The van der Waals surface area contributed by atoms with Gasteiger partial charge in [0, 0.05) is 43.3 Å². The molecule has 1 N–H and O–H groups in total. The largest absolute Gasteiger partial charge is 0.381 e. The van der Waals surface area contributed by atoms with E-state index in [0.29, 0.717) is 31.9 Å². The van der Waals surface area contributed by atoms with Gasteiger partial charge in [0.05, 0.1) is 5.92 Å². The Hall–Kier alpha value is -1.88. The highest BCUT2D eigenvalue weighted by Crippen LogP contribution is 2.44. The molecule has 2 heterocycles. The number of hydrogen-bond donors (Lipinski definition) is 1. The highest BCUT2D eigenvalue weighted by molar-refractivity contribution is 5.95. The first kappa shape index (κ1) is 17.0. The molecule has 0 aliphatic carbocycles. The van der Waals surface area contributed by atoms with E-state index in [1.165, 1.54) is 0 Å². The highest BCUT2D eigenvalue weighted by atomic mass is 16.5. The number of ether oxygens (including phenoxy) is 1. The molecule has 2 saturated heterocycles. The third-order valence-electron chi connectivity index (χ3n) is 5.19. The van der Waals surface area contributed by atoms with Crippen LogP contribution in [-0.2, 0) is 9.53 Å². The second kappa shape index (κ2) is 6.93. The molecule has 1 spiro atoms. The fourth-order valence-corrected chi connectivity index (χ4v) is 3.92. The summed E-state index contributed by atoms with van der Waals surface area (Å²) in [6.07, 6.45) is 1.67. The van der Waals surface area contributed by atoms with Gasteiger partial charge in [-0.25, -0.2) is 0 Å². The van der Waals surface area contributed by atoms with Crippen molar-refractivity contribution in [2.45, 2.75) is 32.7 Å². The van der Waals surface area contributed by atoms with Crippen molar-refractivity contribution in [3.63, 3.8) is 0 Å². The zero-order chi connectivity index (χ0) is 17.2. The van der Waals surface area contributed by atoms with Crippen molar-refractivity contribution < 1.29 is 14.3 Å². The van der Waals surface area contributed by atoms with E-state index in [-0.39, 0.29) is 29.2 Å². The second-order valence-electron chi connectivity index (χ2n) is 7.24. The van der Waals surface area contributed by atoms with Gasteiger partial charge in [0.2, 0.25) is 5.91 Å². The van der Waals surface area contributed by atoms with Crippen molar-refractivity contribution >= 4 is 11.8 Å². The van der Waals surface area contributed by atoms with E-state index in [1.54, 1.807) is 0 Å². The maximum Gasteiger partial charge on any atom is 0.253 e. The van der Waals surface area contributed by atoms with Gasteiger partial charge in [-0.2, -0.15) is 0 Å². The smallest absolute Gasteiger partial charge is 0.253 e. The SMILES string of the molecule is CC(C)NC(=O)[C@H]1CN(C(=O)c2ccccc2)CC12CCOCC2. The molecule has 5 nitrogen and oxygen atoms in total. The van der Waals surface area contributed by atoms with Crippen LogP contribution in [0.4, 0.5) is 0 Å². The van der Waals surface area contributed by atoms with Crippen molar-refractivity contribution in [2.75, 3.05) is 26.3 Å². The van der Waals surface area contributed by atoms with Gasteiger partial charge in [0.1, 0.15) is 0 Å². The van der Waals surface area contributed by atoms with Gasteiger partial charge in [0.25, 0.3) is 5.91 Å². The Balaban J connectivity index is 1.82. The molecular weight excluding hydrogens is 304 g/mol. The minimum atomic E-state index is -0.156. The Morgan fingerprint density at radius 2 is 1.88 bits per heavy atom. The molecule has 130 valence electrons. The molecule has 3 rings (SSSR count). The third-order valence-corrected chi connectivity index (χ3v) is 5.19. The molecule has 0 saturated carbocycles. The van der Waals surface area contributed by atoms with Gasteiger partial charge in [-0.05, 0) is 38.8 Å². The van der Waals surface area contributed by atoms with E-state index < -0.39 is 0 Å². The van der Waals surface area contributed by atoms with Gasteiger partial charge < -0.3 is 15.0 Å². The molecule has 2 amide bonds. The first-order valence-corrected chi connectivity index (χ1v) is 8.74. The fraction of sp³-hybridized carbons (Fsp3) is 0.579. The molecule has 2 aliphatic rings. The zero-order valence-electron chi connectivity index (χ0n) is 14.5. The van der Waals surface area contributed by atoms with E-state index in [9.17, 15) is 9.59 Å². The molecule has 2 aliphatic heterocycles. The number of likely N-dealkylation sites (tertiary alicyclic amines) is 1. The molecule has 2 fully saturated rings. The van der Waals surface area contributed by atoms with E-state index in [2.05, 4.69) is 5.32 Å². The summed E-state index contributed by atoms with van der Waals surface area (Å²) in [4.78, 5) is 27.4. The van der Waals surface area contributed by atoms with Crippen molar-refractivity contribution in [3.05, 3.63) is 35.9 Å². The van der Waals surface area contributed by atoms with Crippen LogP contribution in [0.15, 0.2) is 30.3 Å². The van der Waals surface area contributed by atoms with Crippen LogP contribution in [0.3, 0.4) is 0 Å².